The molecular formula is C26H26N4O4S. The number of aryl methyl sites for hydroxylation is 3. The Bertz CT molecular complexity index is 1470. The van der Waals surface area contributed by atoms with Gasteiger partial charge < -0.3 is 4.74 Å². The van der Waals surface area contributed by atoms with E-state index in [-0.39, 0.29) is 31.0 Å². The van der Waals surface area contributed by atoms with Crippen LogP contribution in [0.15, 0.2) is 52.9 Å². The molecule has 0 atom stereocenters. The minimum atomic E-state index is -0.450. The summed E-state index contributed by atoms with van der Waals surface area (Å²) in [4.78, 5) is 47.8. The van der Waals surface area contributed by atoms with Gasteiger partial charge in [0.05, 0.1) is 35.0 Å². The molecule has 0 aliphatic carbocycles. The van der Waals surface area contributed by atoms with Crippen LogP contribution < -0.4 is 10.5 Å². The van der Waals surface area contributed by atoms with Crippen LogP contribution in [0.2, 0.25) is 0 Å². The first-order valence-electron chi connectivity index (χ1n) is 11.2. The van der Waals surface area contributed by atoms with Crippen LogP contribution in [0.5, 0.6) is 0 Å². The predicted molar refractivity (Wildman–Crippen MR) is 136 cm³/mol. The monoisotopic (exact) mass is 490 g/mol. The van der Waals surface area contributed by atoms with Crippen molar-refractivity contribution in [3.05, 3.63) is 80.8 Å². The summed E-state index contributed by atoms with van der Waals surface area (Å²) >= 11 is 1.31. The zero-order valence-corrected chi connectivity index (χ0v) is 20.9. The average Bonchev–Trinajstić information content (AvgIpc) is 3.29. The minimum Gasteiger partial charge on any atom is -0.459 e. The number of hydrogen-bond donors (Lipinski definition) is 0. The number of rotatable bonds is 7. The van der Waals surface area contributed by atoms with E-state index in [1.807, 2.05) is 51.1 Å². The van der Waals surface area contributed by atoms with E-state index >= 15 is 0 Å². The zero-order chi connectivity index (χ0) is 25.1. The zero-order valence-electron chi connectivity index (χ0n) is 20.1. The maximum atomic E-state index is 12.7. The van der Waals surface area contributed by atoms with Crippen LogP contribution >= 0.6 is 11.3 Å². The first kappa shape index (κ1) is 24.3. The number of thiazole rings is 1. The quantitative estimate of drug-likeness (QED) is 0.352. The van der Waals surface area contributed by atoms with Crippen LogP contribution in [0.4, 0.5) is 10.8 Å². The molecule has 4 aromatic rings. The Kier molecular flexibility index (Phi) is 7.07. The molecule has 9 heteroatoms. The van der Waals surface area contributed by atoms with E-state index in [4.69, 9.17) is 4.74 Å². The van der Waals surface area contributed by atoms with Gasteiger partial charge in [0.15, 0.2) is 5.13 Å². The molecule has 4 rings (SSSR count). The van der Waals surface area contributed by atoms with Gasteiger partial charge in [0.25, 0.3) is 5.56 Å². The Morgan fingerprint density at radius 3 is 2.60 bits per heavy atom. The number of amides is 1. The molecule has 2 aromatic heterocycles. The molecule has 180 valence electrons. The molecule has 0 aliphatic heterocycles. The van der Waals surface area contributed by atoms with Gasteiger partial charge in [0.1, 0.15) is 6.61 Å². The van der Waals surface area contributed by atoms with E-state index in [2.05, 4.69) is 9.97 Å². The van der Waals surface area contributed by atoms with E-state index < -0.39 is 5.97 Å². The molecular weight excluding hydrogens is 464 g/mol. The van der Waals surface area contributed by atoms with Crippen molar-refractivity contribution in [3.8, 4) is 0 Å². The Labute approximate surface area is 206 Å². The van der Waals surface area contributed by atoms with Crippen molar-refractivity contribution in [2.24, 2.45) is 0 Å². The van der Waals surface area contributed by atoms with E-state index in [1.54, 1.807) is 16.3 Å². The third-order valence-electron chi connectivity index (χ3n) is 5.86. The number of fused-ring (bicyclic) bond motifs is 1. The fraction of sp³-hybridized carbons (Fsp3) is 0.269. The standard InChI is InChI=1S/C26H26N4O4S/c1-16-7-6-10-22(18(16)3)30(19(4)31)26-28-20(14-35-26)13-34-23(32)11-12-29-15-27-24-17(2)8-5-9-21(24)25(29)33/h5-10,14-15H,11-13H2,1-4H3. The predicted octanol–water partition coefficient (Wildman–Crippen LogP) is 4.60. The molecule has 0 aliphatic rings. The number of aromatic nitrogens is 3. The highest BCUT2D eigenvalue weighted by molar-refractivity contribution is 7.14. The lowest BCUT2D eigenvalue weighted by Gasteiger charge is -2.21. The number of hydrogen-bond acceptors (Lipinski definition) is 7. The normalized spacial score (nSPS) is 11.0. The first-order chi connectivity index (χ1) is 16.8. The lowest BCUT2D eigenvalue weighted by Crippen LogP contribution is -2.23. The van der Waals surface area contributed by atoms with Crippen LogP contribution in [-0.4, -0.2) is 26.4 Å². The summed E-state index contributed by atoms with van der Waals surface area (Å²) in [7, 11) is 0. The molecule has 0 saturated heterocycles. The summed E-state index contributed by atoms with van der Waals surface area (Å²) in [6.07, 6.45) is 1.49. The molecule has 35 heavy (non-hydrogen) atoms. The van der Waals surface area contributed by atoms with Gasteiger partial charge in [-0.1, -0.05) is 24.3 Å². The average molecular weight is 491 g/mol. The van der Waals surface area contributed by atoms with Crippen LogP contribution in [0.25, 0.3) is 10.9 Å². The van der Waals surface area contributed by atoms with Crippen molar-refractivity contribution in [1.82, 2.24) is 14.5 Å². The molecule has 2 aromatic carbocycles. The minimum absolute atomic E-state index is 0.0159. The van der Waals surface area contributed by atoms with Crippen molar-refractivity contribution >= 4 is 44.9 Å². The lowest BCUT2D eigenvalue weighted by atomic mass is 10.1. The van der Waals surface area contributed by atoms with Crippen molar-refractivity contribution in [3.63, 3.8) is 0 Å². The second kappa shape index (κ2) is 10.2. The number of benzene rings is 2. The summed E-state index contributed by atoms with van der Waals surface area (Å²) in [6.45, 7) is 7.51. The number of ether oxygens (including phenoxy) is 1. The second-order valence-corrected chi connectivity index (χ2v) is 9.16. The molecule has 0 saturated carbocycles. The largest absolute Gasteiger partial charge is 0.459 e. The van der Waals surface area contributed by atoms with Crippen molar-refractivity contribution < 1.29 is 14.3 Å². The van der Waals surface area contributed by atoms with Crippen LogP contribution in [0.1, 0.15) is 35.7 Å². The van der Waals surface area contributed by atoms with E-state index in [1.165, 1.54) is 29.2 Å². The third-order valence-corrected chi connectivity index (χ3v) is 6.73. The highest BCUT2D eigenvalue weighted by Crippen LogP contribution is 2.32. The number of carbonyl (C=O) groups is 2. The highest BCUT2D eigenvalue weighted by atomic mass is 32.1. The van der Waals surface area contributed by atoms with E-state index in [0.29, 0.717) is 21.7 Å². The lowest BCUT2D eigenvalue weighted by molar-refractivity contribution is -0.145. The number of carbonyl (C=O) groups excluding carboxylic acids is 2. The summed E-state index contributed by atoms with van der Waals surface area (Å²) in [5.41, 5.74) is 4.81. The fourth-order valence-corrected chi connectivity index (χ4v) is 4.65. The Balaban J connectivity index is 1.40. The molecule has 0 spiro atoms. The van der Waals surface area contributed by atoms with Crippen LogP contribution in [0, 0.1) is 20.8 Å². The van der Waals surface area contributed by atoms with Gasteiger partial charge in [0, 0.05) is 18.8 Å². The maximum absolute atomic E-state index is 12.7. The number of para-hydroxylation sites is 1. The molecule has 0 unspecified atom stereocenters. The second-order valence-electron chi connectivity index (χ2n) is 8.32. The maximum Gasteiger partial charge on any atom is 0.307 e. The van der Waals surface area contributed by atoms with E-state index in [0.717, 1.165) is 22.4 Å². The molecule has 0 bridgehead atoms. The summed E-state index contributed by atoms with van der Waals surface area (Å²) < 4.78 is 6.78. The van der Waals surface area contributed by atoms with Gasteiger partial charge in [-0.25, -0.2) is 9.97 Å². The molecule has 1 amide bonds. The number of nitrogens with zero attached hydrogens (tertiary/aromatic N) is 4. The molecule has 0 N–H and O–H groups in total. The fourth-order valence-electron chi connectivity index (χ4n) is 3.79. The SMILES string of the molecule is CC(=O)N(c1nc(COC(=O)CCn2cnc3c(C)cccc3c2=O)cs1)c1cccc(C)c1C. The van der Waals surface area contributed by atoms with Gasteiger partial charge >= 0.3 is 5.97 Å². The van der Waals surface area contributed by atoms with E-state index in [9.17, 15) is 14.4 Å². The number of anilines is 2. The Morgan fingerprint density at radius 1 is 1.09 bits per heavy atom. The highest BCUT2D eigenvalue weighted by Gasteiger charge is 2.20. The van der Waals surface area contributed by atoms with Crippen molar-refractivity contribution in [2.45, 2.75) is 47.3 Å². The van der Waals surface area contributed by atoms with Gasteiger partial charge in [-0.3, -0.25) is 23.9 Å². The smallest absolute Gasteiger partial charge is 0.307 e. The summed E-state index contributed by atoms with van der Waals surface area (Å²) in [5.74, 6) is -0.602. The van der Waals surface area contributed by atoms with Crippen LogP contribution in [-0.2, 0) is 27.5 Å². The molecule has 8 nitrogen and oxygen atoms in total. The van der Waals surface area contributed by atoms with Gasteiger partial charge in [-0.15, -0.1) is 11.3 Å². The Hall–Kier alpha value is -3.85. The van der Waals surface area contributed by atoms with Crippen molar-refractivity contribution in [2.75, 3.05) is 4.90 Å². The third kappa shape index (κ3) is 5.14. The van der Waals surface area contributed by atoms with Crippen LogP contribution in [0.3, 0.4) is 0 Å². The molecule has 2 heterocycles. The Morgan fingerprint density at radius 2 is 1.83 bits per heavy atom. The first-order valence-corrected chi connectivity index (χ1v) is 12.1. The topological polar surface area (TPSA) is 94.4 Å². The summed E-state index contributed by atoms with van der Waals surface area (Å²) in [5, 5.41) is 2.81. The van der Waals surface area contributed by atoms with Crippen molar-refractivity contribution in [1.29, 1.82) is 0 Å². The molecule has 0 radical (unpaired) electrons. The van der Waals surface area contributed by atoms with Gasteiger partial charge in [0.2, 0.25) is 5.91 Å². The van der Waals surface area contributed by atoms with Gasteiger partial charge in [-0.2, -0.15) is 0 Å². The number of esters is 1. The molecule has 0 fully saturated rings. The summed E-state index contributed by atoms with van der Waals surface area (Å²) in [6, 6.07) is 11.2. The van der Waals surface area contributed by atoms with Gasteiger partial charge in [-0.05, 0) is 49.6 Å².